The van der Waals surface area contributed by atoms with Crippen LogP contribution in [0.5, 0.6) is 0 Å². The molecule has 3 atom stereocenters. The lowest BCUT2D eigenvalue weighted by molar-refractivity contribution is -0.153. The summed E-state index contributed by atoms with van der Waals surface area (Å²) in [7, 11) is 0. The maximum absolute atomic E-state index is 15.0. The summed E-state index contributed by atoms with van der Waals surface area (Å²) < 4.78 is 46.9. The molecule has 0 radical (unpaired) electrons. The Morgan fingerprint density at radius 3 is 1.84 bits per heavy atom. The average Bonchev–Trinajstić information content (AvgIpc) is 4.11. The Kier molecular flexibility index (Phi) is 14.0. The standard InChI is InChI=1S/C47H51F2N9O7S2/c1-7-63-43(59)35-33(52-39(41-50-15-19-66-41)54-37(35)29-11-9-13-31(48)26(29)3)23-56-17-18-58-28(21-56)22-57(46(58)62)25-47(5,6)45(61)65-24-34-36(44(60)64-8-2)38(30-12-10-14-32(49)27(30)4)55-40(53-34)42-51-16-20-67-42/h9-16,19-20,28,37-38H,7-8,17-18,21-25H2,1-6H3,(H,52,54)(H,53,55)/t28-,37-,38-/m0/s1. The van der Waals surface area contributed by atoms with E-state index < -0.39 is 47.0 Å². The summed E-state index contributed by atoms with van der Waals surface area (Å²) in [6.45, 7) is 11.8. The van der Waals surface area contributed by atoms with Gasteiger partial charge >= 0.3 is 23.9 Å². The van der Waals surface area contributed by atoms with Crippen LogP contribution in [0, 0.1) is 30.9 Å². The summed E-state index contributed by atoms with van der Waals surface area (Å²) in [5.41, 5.74) is 1.52. The minimum absolute atomic E-state index is 0.0355. The zero-order valence-corrected chi connectivity index (χ0v) is 39.6. The van der Waals surface area contributed by atoms with Gasteiger partial charge in [0, 0.05) is 68.1 Å². The van der Waals surface area contributed by atoms with Crippen LogP contribution in [0.25, 0.3) is 0 Å². The van der Waals surface area contributed by atoms with E-state index in [1.165, 1.54) is 34.8 Å². The molecule has 352 valence electrons. The van der Waals surface area contributed by atoms with E-state index in [4.69, 9.17) is 24.2 Å². The van der Waals surface area contributed by atoms with Gasteiger partial charge in [0.25, 0.3) is 0 Å². The van der Waals surface area contributed by atoms with Gasteiger partial charge in [-0.1, -0.05) is 24.3 Å². The number of rotatable bonds is 15. The van der Waals surface area contributed by atoms with Crippen LogP contribution < -0.4 is 10.6 Å². The Labute approximate surface area is 394 Å². The molecule has 2 aromatic carbocycles. The molecule has 67 heavy (non-hydrogen) atoms. The molecule has 2 saturated heterocycles. The van der Waals surface area contributed by atoms with Gasteiger partial charge in [0.2, 0.25) is 0 Å². The smallest absolute Gasteiger partial charge is 0.338 e. The highest BCUT2D eigenvalue weighted by Crippen LogP contribution is 2.38. The minimum Gasteiger partial charge on any atom is -0.463 e. The number of amides is 2. The molecule has 0 aliphatic carbocycles. The molecular formula is C47H51F2N9O7S2. The van der Waals surface area contributed by atoms with E-state index in [1.807, 2.05) is 5.38 Å². The van der Waals surface area contributed by atoms with Gasteiger partial charge in [0.1, 0.15) is 30.3 Å². The summed E-state index contributed by atoms with van der Waals surface area (Å²) >= 11 is 2.69. The summed E-state index contributed by atoms with van der Waals surface area (Å²) in [6.07, 6.45) is 3.27. The number of aliphatic imine (C=N–C) groups is 2. The fourth-order valence-electron chi connectivity index (χ4n) is 8.73. The first-order chi connectivity index (χ1) is 32.2. The highest BCUT2D eigenvalue weighted by molar-refractivity contribution is 7.12. The van der Waals surface area contributed by atoms with Crippen LogP contribution in [0.2, 0.25) is 0 Å². The van der Waals surface area contributed by atoms with Gasteiger partial charge in [0.15, 0.2) is 21.7 Å². The largest absolute Gasteiger partial charge is 0.463 e. The first-order valence-electron chi connectivity index (χ1n) is 21.9. The number of benzene rings is 2. The third-order valence-corrected chi connectivity index (χ3v) is 13.7. The molecule has 0 spiro atoms. The average molecular weight is 956 g/mol. The highest BCUT2D eigenvalue weighted by Gasteiger charge is 2.45. The van der Waals surface area contributed by atoms with Crippen molar-refractivity contribution < 1.29 is 42.2 Å². The van der Waals surface area contributed by atoms with Crippen LogP contribution in [0.4, 0.5) is 13.6 Å². The summed E-state index contributed by atoms with van der Waals surface area (Å²) in [5, 5.41) is 11.2. The Bertz CT molecular complexity index is 2690. The summed E-state index contributed by atoms with van der Waals surface area (Å²) in [5.74, 6) is -2.02. The molecule has 2 N–H and O–H groups in total. The van der Waals surface area contributed by atoms with E-state index in [0.29, 0.717) is 75.8 Å². The minimum atomic E-state index is -1.20. The van der Waals surface area contributed by atoms with Gasteiger partial charge in [-0.15, -0.1) is 22.7 Å². The predicted molar refractivity (Wildman–Crippen MR) is 247 cm³/mol. The number of amidine groups is 2. The first-order valence-corrected chi connectivity index (χ1v) is 23.7. The quantitative estimate of drug-likeness (QED) is 0.105. The van der Waals surface area contributed by atoms with E-state index >= 15 is 0 Å². The molecule has 2 amide bonds. The van der Waals surface area contributed by atoms with Gasteiger partial charge in [-0.3, -0.25) is 19.7 Å². The number of halogens is 2. The molecule has 4 aromatic rings. The SMILES string of the molecule is CCOC(=O)C1=C(COC(=O)C(C)(C)CN2C[C@@H]3CN(CC4=C(C(=O)OCC)[C@H](c5cccc(F)c5C)N=C(c5nccs5)N4)CCN3C2=O)NC(c2nccs2)=N[C@H]1c1cccc(F)c1C. The maximum Gasteiger partial charge on any atom is 0.338 e. The second-order valence-corrected chi connectivity index (χ2v) is 18.8. The lowest BCUT2D eigenvalue weighted by Gasteiger charge is -2.38. The Hall–Kier alpha value is -6.38. The van der Waals surface area contributed by atoms with Crippen molar-refractivity contribution in [1.82, 2.24) is 35.3 Å². The van der Waals surface area contributed by atoms with E-state index in [1.54, 1.807) is 93.4 Å². The van der Waals surface area contributed by atoms with Gasteiger partial charge in [-0.25, -0.2) is 33.1 Å². The lowest BCUT2D eigenvalue weighted by atomic mass is 9.92. The first kappa shape index (κ1) is 47.1. The normalized spacial score (nSPS) is 19.9. The van der Waals surface area contributed by atoms with E-state index in [9.17, 15) is 28.0 Å². The van der Waals surface area contributed by atoms with Gasteiger partial charge in [-0.05, 0) is 75.9 Å². The molecule has 16 nitrogen and oxygen atoms in total. The van der Waals surface area contributed by atoms with Crippen molar-refractivity contribution in [3.05, 3.63) is 126 Å². The van der Waals surface area contributed by atoms with Gasteiger partial charge < -0.3 is 34.6 Å². The lowest BCUT2D eigenvalue weighted by Crippen LogP contribution is -2.53. The zero-order valence-electron chi connectivity index (χ0n) is 37.9. The number of fused-ring (bicyclic) bond motifs is 1. The summed E-state index contributed by atoms with van der Waals surface area (Å²) in [6, 6.07) is 6.96. The Morgan fingerprint density at radius 1 is 0.776 bits per heavy atom. The number of esters is 3. The molecule has 4 aliphatic heterocycles. The molecular weight excluding hydrogens is 905 g/mol. The molecule has 8 rings (SSSR count). The second-order valence-electron chi connectivity index (χ2n) is 17.0. The van der Waals surface area contributed by atoms with Crippen molar-refractivity contribution >= 4 is 58.3 Å². The topological polar surface area (TPSA) is 180 Å². The van der Waals surface area contributed by atoms with Crippen LogP contribution in [0.15, 0.2) is 92.1 Å². The Morgan fingerprint density at radius 2 is 1.31 bits per heavy atom. The zero-order chi connectivity index (χ0) is 47.6. The van der Waals surface area contributed by atoms with Gasteiger partial charge in [0.05, 0.1) is 41.5 Å². The molecule has 2 aromatic heterocycles. The number of nitrogens with zero attached hydrogens (tertiary/aromatic N) is 7. The van der Waals surface area contributed by atoms with Crippen molar-refractivity contribution in [2.75, 3.05) is 59.1 Å². The molecule has 0 bridgehead atoms. The van der Waals surface area contributed by atoms with E-state index in [-0.39, 0.29) is 61.8 Å². The van der Waals surface area contributed by atoms with Gasteiger partial charge in [-0.2, -0.15) is 0 Å². The number of ether oxygens (including phenoxy) is 3. The number of piperazine rings is 1. The second kappa shape index (κ2) is 19.8. The fraction of sp³-hybridized carbons (Fsp3) is 0.404. The molecule has 2 fully saturated rings. The number of carbonyl (C=O) groups excluding carboxylic acids is 4. The number of hydrogen-bond acceptors (Lipinski definition) is 16. The molecule has 0 saturated carbocycles. The third-order valence-electron chi connectivity index (χ3n) is 12.1. The van der Waals surface area contributed by atoms with Crippen molar-refractivity contribution in [3.8, 4) is 0 Å². The number of nitrogens with one attached hydrogen (secondary N) is 2. The Balaban J connectivity index is 0.989. The molecule has 0 unspecified atom stereocenters. The predicted octanol–water partition coefficient (Wildman–Crippen LogP) is 6.00. The molecule has 20 heteroatoms. The van der Waals surface area contributed by atoms with Crippen LogP contribution >= 0.6 is 22.7 Å². The van der Waals surface area contributed by atoms with Crippen LogP contribution in [0.1, 0.15) is 72.0 Å². The van der Waals surface area contributed by atoms with Crippen molar-refractivity contribution in [1.29, 1.82) is 0 Å². The van der Waals surface area contributed by atoms with Crippen LogP contribution in [0.3, 0.4) is 0 Å². The molecule has 4 aliphatic rings. The van der Waals surface area contributed by atoms with Crippen molar-refractivity contribution in [2.45, 2.75) is 59.7 Å². The number of carbonyl (C=O) groups is 4. The van der Waals surface area contributed by atoms with Crippen LogP contribution in [-0.4, -0.2) is 125 Å². The number of thiazole rings is 2. The van der Waals surface area contributed by atoms with Crippen LogP contribution in [-0.2, 0) is 28.6 Å². The van der Waals surface area contributed by atoms with E-state index in [2.05, 4.69) is 25.5 Å². The van der Waals surface area contributed by atoms with E-state index in [0.717, 1.165) is 0 Å². The number of urea groups is 1. The summed E-state index contributed by atoms with van der Waals surface area (Å²) in [4.78, 5) is 79.6. The highest BCUT2D eigenvalue weighted by atomic mass is 32.1. The fourth-order valence-corrected chi connectivity index (χ4v) is 9.91. The number of aromatic nitrogens is 2. The van der Waals surface area contributed by atoms with Crippen molar-refractivity contribution in [3.63, 3.8) is 0 Å². The monoisotopic (exact) mass is 955 g/mol. The number of hydrogen-bond donors (Lipinski definition) is 2. The van der Waals surface area contributed by atoms with Crippen molar-refractivity contribution in [2.24, 2.45) is 15.4 Å². The molecule has 6 heterocycles. The maximum atomic E-state index is 15.0. The third kappa shape index (κ3) is 9.73.